The highest BCUT2D eigenvalue weighted by molar-refractivity contribution is 7.98. The van der Waals surface area contributed by atoms with Crippen LogP contribution in [-0.4, -0.2) is 42.6 Å². The summed E-state index contributed by atoms with van der Waals surface area (Å²) in [5.74, 6) is 2.10. The lowest BCUT2D eigenvalue weighted by Crippen LogP contribution is -2.41. The van der Waals surface area contributed by atoms with Gasteiger partial charge in [0, 0.05) is 12.6 Å². The largest absolute Gasteiger partial charge is 0.328 e. The highest BCUT2D eigenvalue weighted by atomic mass is 32.2. The van der Waals surface area contributed by atoms with E-state index in [0.29, 0.717) is 6.04 Å². The molecule has 3 heteroatoms. The summed E-state index contributed by atoms with van der Waals surface area (Å²) in [6.45, 7) is 6.01. The van der Waals surface area contributed by atoms with Crippen molar-refractivity contribution in [3.05, 3.63) is 0 Å². The van der Waals surface area contributed by atoms with Crippen LogP contribution in [0.5, 0.6) is 0 Å². The van der Waals surface area contributed by atoms with Crippen LogP contribution in [0.2, 0.25) is 0 Å². The van der Waals surface area contributed by atoms with Crippen LogP contribution in [0.25, 0.3) is 0 Å². The van der Waals surface area contributed by atoms with Gasteiger partial charge in [-0.05, 0) is 43.9 Å². The first-order valence-electron chi connectivity index (χ1n) is 5.19. The van der Waals surface area contributed by atoms with Crippen molar-refractivity contribution in [2.45, 2.75) is 25.8 Å². The van der Waals surface area contributed by atoms with E-state index in [0.717, 1.165) is 5.92 Å². The maximum Gasteiger partial charge on any atom is 0.00631 e. The number of likely N-dealkylation sites (tertiary alicyclic amines) is 1. The minimum atomic E-state index is 0.465. The first-order chi connectivity index (χ1) is 6.22. The smallest absolute Gasteiger partial charge is 0.00631 e. The molecule has 1 aliphatic rings. The van der Waals surface area contributed by atoms with Gasteiger partial charge in [-0.25, -0.2) is 0 Å². The molecule has 1 heterocycles. The van der Waals surface area contributed by atoms with Crippen molar-refractivity contribution in [2.24, 2.45) is 11.7 Å². The lowest BCUT2D eigenvalue weighted by Gasteiger charge is -2.31. The molecule has 0 spiro atoms. The maximum absolute atomic E-state index is 5.86. The van der Waals surface area contributed by atoms with Gasteiger partial charge in [0.25, 0.3) is 0 Å². The molecule has 1 fully saturated rings. The second-order valence-corrected chi connectivity index (χ2v) is 5.11. The van der Waals surface area contributed by atoms with Crippen LogP contribution in [0.1, 0.15) is 19.8 Å². The van der Waals surface area contributed by atoms with Crippen molar-refractivity contribution >= 4 is 11.8 Å². The lowest BCUT2D eigenvalue weighted by molar-refractivity contribution is 0.194. The third kappa shape index (κ3) is 4.34. The van der Waals surface area contributed by atoms with E-state index in [1.165, 1.54) is 38.2 Å². The molecule has 1 atom stereocenters. The van der Waals surface area contributed by atoms with Gasteiger partial charge in [-0.1, -0.05) is 6.92 Å². The van der Waals surface area contributed by atoms with Crippen molar-refractivity contribution < 1.29 is 0 Å². The molecule has 13 heavy (non-hydrogen) atoms. The van der Waals surface area contributed by atoms with Gasteiger partial charge in [0.15, 0.2) is 0 Å². The molecule has 0 saturated carbocycles. The van der Waals surface area contributed by atoms with Gasteiger partial charge < -0.3 is 10.6 Å². The normalized spacial score (nSPS) is 23.3. The Morgan fingerprint density at radius 1 is 1.46 bits per heavy atom. The molecule has 78 valence electrons. The summed E-state index contributed by atoms with van der Waals surface area (Å²) in [7, 11) is 0. The van der Waals surface area contributed by atoms with E-state index in [1.807, 2.05) is 11.8 Å². The fourth-order valence-corrected chi connectivity index (χ4v) is 2.59. The first kappa shape index (κ1) is 11.3. The molecule has 1 aliphatic heterocycles. The number of piperidine rings is 1. The van der Waals surface area contributed by atoms with Gasteiger partial charge in [0.05, 0.1) is 0 Å². The number of nitrogens with zero attached hydrogens (tertiary/aromatic N) is 1. The third-order valence-corrected chi connectivity index (χ3v) is 3.56. The van der Waals surface area contributed by atoms with Gasteiger partial charge >= 0.3 is 0 Å². The van der Waals surface area contributed by atoms with E-state index in [9.17, 15) is 0 Å². The van der Waals surface area contributed by atoms with Crippen LogP contribution in [0, 0.1) is 5.92 Å². The lowest BCUT2D eigenvalue weighted by atomic mass is 10.0. The molecule has 0 amide bonds. The standard InChI is InChI=1S/C10H22N2S/c1-9(8-13-2)7-12-5-3-10(11)4-6-12/h9-10H,3-8,11H2,1-2H3. The fraction of sp³-hybridized carbons (Fsp3) is 1.00. The van der Waals surface area contributed by atoms with Gasteiger partial charge in [-0.15, -0.1) is 0 Å². The molecule has 2 nitrogen and oxygen atoms in total. The molecule has 0 aromatic heterocycles. The van der Waals surface area contributed by atoms with Gasteiger partial charge in [0.1, 0.15) is 0 Å². The molecular weight excluding hydrogens is 180 g/mol. The molecule has 0 radical (unpaired) electrons. The minimum absolute atomic E-state index is 0.465. The highest BCUT2D eigenvalue weighted by Crippen LogP contribution is 2.12. The average Bonchev–Trinajstić information content (AvgIpc) is 2.09. The van der Waals surface area contributed by atoms with E-state index >= 15 is 0 Å². The Bertz CT molecular complexity index is 133. The van der Waals surface area contributed by atoms with Gasteiger partial charge in [-0.3, -0.25) is 0 Å². The SMILES string of the molecule is CSCC(C)CN1CCC(N)CC1. The Morgan fingerprint density at radius 2 is 2.08 bits per heavy atom. The monoisotopic (exact) mass is 202 g/mol. The van der Waals surface area contributed by atoms with E-state index in [2.05, 4.69) is 18.1 Å². The Balaban J connectivity index is 2.14. The van der Waals surface area contributed by atoms with Crippen molar-refractivity contribution in [1.82, 2.24) is 4.90 Å². The fourth-order valence-electron chi connectivity index (χ4n) is 1.91. The van der Waals surface area contributed by atoms with Crippen LogP contribution in [-0.2, 0) is 0 Å². The number of nitrogens with two attached hydrogens (primary N) is 1. The van der Waals surface area contributed by atoms with Crippen molar-refractivity contribution in [3.8, 4) is 0 Å². The molecule has 0 aliphatic carbocycles. The molecule has 1 rings (SSSR count). The van der Waals surface area contributed by atoms with Crippen LogP contribution < -0.4 is 5.73 Å². The molecule has 1 saturated heterocycles. The summed E-state index contributed by atoms with van der Waals surface area (Å²) in [5, 5.41) is 0. The Labute approximate surface area is 86.2 Å². The summed E-state index contributed by atoms with van der Waals surface area (Å²) < 4.78 is 0. The van der Waals surface area contributed by atoms with Crippen LogP contribution in [0.4, 0.5) is 0 Å². The Hall–Kier alpha value is 0.270. The number of rotatable bonds is 4. The van der Waals surface area contributed by atoms with Gasteiger partial charge in [-0.2, -0.15) is 11.8 Å². The minimum Gasteiger partial charge on any atom is -0.328 e. The number of thioether (sulfide) groups is 1. The number of hydrogen-bond donors (Lipinski definition) is 1. The quantitative estimate of drug-likeness (QED) is 0.747. The maximum atomic E-state index is 5.86. The summed E-state index contributed by atoms with van der Waals surface area (Å²) >= 11 is 1.95. The van der Waals surface area contributed by atoms with Crippen molar-refractivity contribution in [1.29, 1.82) is 0 Å². The summed E-state index contributed by atoms with van der Waals surface area (Å²) in [6.07, 6.45) is 4.56. The highest BCUT2D eigenvalue weighted by Gasteiger charge is 2.17. The van der Waals surface area contributed by atoms with Crippen LogP contribution in [0.15, 0.2) is 0 Å². The van der Waals surface area contributed by atoms with Crippen molar-refractivity contribution in [3.63, 3.8) is 0 Å². The predicted octanol–water partition coefficient (Wildman–Crippen LogP) is 1.41. The third-order valence-electron chi connectivity index (χ3n) is 2.65. The van der Waals surface area contributed by atoms with E-state index in [-0.39, 0.29) is 0 Å². The average molecular weight is 202 g/mol. The molecule has 2 N–H and O–H groups in total. The molecular formula is C10H22N2S. The zero-order valence-electron chi connectivity index (χ0n) is 8.83. The topological polar surface area (TPSA) is 29.3 Å². The van der Waals surface area contributed by atoms with Gasteiger partial charge in [0.2, 0.25) is 0 Å². The number of hydrogen-bond acceptors (Lipinski definition) is 3. The zero-order valence-corrected chi connectivity index (χ0v) is 9.65. The second-order valence-electron chi connectivity index (χ2n) is 4.20. The molecule has 0 aromatic carbocycles. The van der Waals surface area contributed by atoms with Crippen LogP contribution in [0.3, 0.4) is 0 Å². The molecule has 1 unspecified atom stereocenters. The van der Waals surface area contributed by atoms with E-state index < -0.39 is 0 Å². The summed E-state index contributed by atoms with van der Waals surface area (Å²) in [6, 6.07) is 0.465. The summed E-state index contributed by atoms with van der Waals surface area (Å²) in [4.78, 5) is 2.56. The predicted molar refractivity (Wildman–Crippen MR) is 61.2 cm³/mol. The Kier molecular flexibility index (Phi) is 5.14. The molecule has 0 bridgehead atoms. The summed E-state index contributed by atoms with van der Waals surface area (Å²) in [5.41, 5.74) is 5.86. The second kappa shape index (κ2) is 5.89. The van der Waals surface area contributed by atoms with Crippen LogP contribution >= 0.6 is 11.8 Å². The van der Waals surface area contributed by atoms with Crippen molar-refractivity contribution in [2.75, 3.05) is 31.6 Å². The zero-order chi connectivity index (χ0) is 9.68. The molecule has 0 aromatic rings. The van der Waals surface area contributed by atoms with E-state index in [1.54, 1.807) is 0 Å². The first-order valence-corrected chi connectivity index (χ1v) is 6.58. The van der Waals surface area contributed by atoms with E-state index in [4.69, 9.17) is 5.73 Å². The Morgan fingerprint density at radius 3 is 2.62 bits per heavy atom.